The minimum absolute atomic E-state index is 0.290. The molecule has 3 nitrogen and oxygen atoms in total. The number of carbonyl (C=O) groups is 1. The molecule has 1 atom stereocenters. The summed E-state index contributed by atoms with van der Waals surface area (Å²) in [7, 11) is 0. The van der Waals surface area contributed by atoms with Crippen molar-refractivity contribution in [3.05, 3.63) is 0 Å². The SMILES string of the molecule is O=C(NC[C@@H]1CCNC1)C1CCC1. The molecule has 1 aliphatic carbocycles. The maximum atomic E-state index is 11.5. The zero-order chi connectivity index (χ0) is 9.10. The minimum atomic E-state index is 0.290. The predicted molar refractivity (Wildman–Crippen MR) is 51.3 cm³/mol. The van der Waals surface area contributed by atoms with Crippen LogP contribution in [0.5, 0.6) is 0 Å². The van der Waals surface area contributed by atoms with Crippen LogP contribution in [-0.2, 0) is 4.79 Å². The van der Waals surface area contributed by atoms with Crippen LogP contribution < -0.4 is 10.6 Å². The molecule has 2 fully saturated rings. The Morgan fingerprint density at radius 2 is 2.23 bits per heavy atom. The molecule has 0 aromatic heterocycles. The standard InChI is InChI=1S/C10H18N2O/c13-10(9-2-1-3-9)12-7-8-4-5-11-6-8/h8-9,11H,1-7H2,(H,12,13)/t8-/m1/s1. The smallest absolute Gasteiger partial charge is 0.223 e. The van der Waals surface area contributed by atoms with Gasteiger partial charge in [-0.3, -0.25) is 4.79 Å². The Kier molecular flexibility index (Phi) is 2.83. The van der Waals surface area contributed by atoms with Gasteiger partial charge in [-0.25, -0.2) is 0 Å². The van der Waals surface area contributed by atoms with Crippen LogP contribution in [0.3, 0.4) is 0 Å². The van der Waals surface area contributed by atoms with Crippen LogP contribution in [0.4, 0.5) is 0 Å². The molecule has 1 saturated carbocycles. The van der Waals surface area contributed by atoms with E-state index in [1.165, 1.54) is 12.8 Å². The summed E-state index contributed by atoms with van der Waals surface area (Å²) >= 11 is 0. The molecule has 0 bridgehead atoms. The average Bonchev–Trinajstić information content (AvgIpc) is 2.49. The lowest BCUT2D eigenvalue weighted by Gasteiger charge is -2.24. The van der Waals surface area contributed by atoms with Crippen molar-refractivity contribution >= 4 is 5.91 Å². The topological polar surface area (TPSA) is 41.1 Å². The third-order valence-electron chi connectivity index (χ3n) is 3.20. The van der Waals surface area contributed by atoms with Gasteiger partial charge >= 0.3 is 0 Å². The van der Waals surface area contributed by atoms with E-state index in [0.29, 0.717) is 11.8 Å². The predicted octanol–water partition coefficient (Wildman–Crippen LogP) is 0.512. The van der Waals surface area contributed by atoms with Gasteiger partial charge in [0, 0.05) is 12.5 Å². The van der Waals surface area contributed by atoms with Crippen molar-refractivity contribution in [2.24, 2.45) is 11.8 Å². The van der Waals surface area contributed by atoms with Crippen molar-refractivity contribution in [2.45, 2.75) is 25.7 Å². The fourth-order valence-corrected chi connectivity index (χ4v) is 1.95. The Morgan fingerprint density at radius 1 is 1.38 bits per heavy atom. The molecule has 2 rings (SSSR count). The summed E-state index contributed by atoms with van der Waals surface area (Å²) in [4.78, 5) is 11.5. The van der Waals surface area contributed by atoms with Gasteiger partial charge in [0.05, 0.1) is 0 Å². The molecule has 13 heavy (non-hydrogen) atoms. The van der Waals surface area contributed by atoms with E-state index >= 15 is 0 Å². The molecule has 0 aromatic rings. The Bertz CT molecular complexity index is 183. The first-order valence-corrected chi connectivity index (χ1v) is 5.34. The Morgan fingerprint density at radius 3 is 2.77 bits per heavy atom. The number of nitrogens with one attached hydrogen (secondary N) is 2. The molecule has 0 unspecified atom stereocenters. The first-order chi connectivity index (χ1) is 6.36. The van der Waals surface area contributed by atoms with E-state index in [9.17, 15) is 4.79 Å². The molecule has 2 N–H and O–H groups in total. The lowest BCUT2D eigenvalue weighted by molar-refractivity contribution is -0.127. The van der Waals surface area contributed by atoms with Gasteiger partial charge in [0.1, 0.15) is 0 Å². The summed E-state index contributed by atoms with van der Waals surface area (Å²) in [6, 6.07) is 0. The number of amides is 1. The first kappa shape index (κ1) is 9.00. The average molecular weight is 182 g/mol. The third kappa shape index (κ3) is 2.21. The van der Waals surface area contributed by atoms with Crippen LogP contribution in [0.15, 0.2) is 0 Å². The maximum Gasteiger partial charge on any atom is 0.223 e. The molecular weight excluding hydrogens is 164 g/mol. The summed E-state index contributed by atoms with van der Waals surface area (Å²) in [6.45, 7) is 3.07. The van der Waals surface area contributed by atoms with Crippen LogP contribution in [0.25, 0.3) is 0 Å². The van der Waals surface area contributed by atoms with E-state index in [2.05, 4.69) is 10.6 Å². The number of rotatable bonds is 3. The Balaban J connectivity index is 1.63. The van der Waals surface area contributed by atoms with Gasteiger partial charge in [-0.05, 0) is 38.3 Å². The molecular formula is C10H18N2O. The monoisotopic (exact) mass is 182 g/mol. The Labute approximate surface area is 79.3 Å². The molecule has 0 spiro atoms. The molecule has 0 radical (unpaired) electrons. The summed E-state index contributed by atoms with van der Waals surface area (Å²) in [5, 5.41) is 6.35. The van der Waals surface area contributed by atoms with Gasteiger partial charge in [-0.15, -0.1) is 0 Å². The summed E-state index contributed by atoms with van der Waals surface area (Å²) < 4.78 is 0. The van der Waals surface area contributed by atoms with Gasteiger partial charge in [-0.1, -0.05) is 6.42 Å². The van der Waals surface area contributed by atoms with Gasteiger partial charge < -0.3 is 10.6 Å². The second-order valence-electron chi connectivity index (χ2n) is 4.23. The number of hydrogen-bond acceptors (Lipinski definition) is 2. The zero-order valence-electron chi connectivity index (χ0n) is 8.01. The lowest BCUT2D eigenvalue weighted by atomic mass is 9.85. The van der Waals surface area contributed by atoms with Crippen LogP contribution in [0.1, 0.15) is 25.7 Å². The molecule has 1 saturated heterocycles. The number of carbonyl (C=O) groups excluding carboxylic acids is 1. The molecule has 74 valence electrons. The van der Waals surface area contributed by atoms with E-state index in [1.807, 2.05) is 0 Å². The highest BCUT2D eigenvalue weighted by Crippen LogP contribution is 2.26. The van der Waals surface area contributed by atoms with E-state index < -0.39 is 0 Å². The van der Waals surface area contributed by atoms with Crippen LogP contribution in [-0.4, -0.2) is 25.5 Å². The fraction of sp³-hybridized carbons (Fsp3) is 0.900. The van der Waals surface area contributed by atoms with Gasteiger partial charge in [0.25, 0.3) is 0 Å². The molecule has 1 aliphatic heterocycles. The van der Waals surface area contributed by atoms with Gasteiger partial charge in [-0.2, -0.15) is 0 Å². The van der Waals surface area contributed by atoms with Crippen molar-refractivity contribution in [1.29, 1.82) is 0 Å². The summed E-state index contributed by atoms with van der Waals surface area (Å²) in [6.07, 6.45) is 4.66. The summed E-state index contributed by atoms with van der Waals surface area (Å²) in [5.41, 5.74) is 0. The normalized spacial score (nSPS) is 28.5. The molecule has 3 heteroatoms. The van der Waals surface area contributed by atoms with Crippen molar-refractivity contribution in [1.82, 2.24) is 10.6 Å². The molecule has 0 aromatic carbocycles. The molecule has 1 heterocycles. The van der Waals surface area contributed by atoms with Gasteiger partial charge in [0.2, 0.25) is 5.91 Å². The fourth-order valence-electron chi connectivity index (χ4n) is 1.95. The van der Waals surface area contributed by atoms with E-state index in [-0.39, 0.29) is 5.91 Å². The first-order valence-electron chi connectivity index (χ1n) is 5.34. The minimum Gasteiger partial charge on any atom is -0.356 e. The largest absolute Gasteiger partial charge is 0.356 e. The quantitative estimate of drug-likeness (QED) is 0.668. The van der Waals surface area contributed by atoms with Crippen molar-refractivity contribution < 1.29 is 4.79 Å². The lowest BCUT2D eigenvalue weighted by Crippen LogP contribution is -2.37. The molecule has 1 amide bonds. The highest BCUT2D eigenvalue weighted by atomic mass is 16.1. The van der Waals surface area contributed by atoms with Crippen LogP contribution >= 0.6 is 0 Å². The third-order valence-corrected chi connectivity index (χ3v) is 3.20. The Hall–Kier alpha value is -0.570. The second kappa shape index (κ2) is 4.09. The highest BCUT2D eigenvalue weighted by Gasteiger charge is 2.25. The van der Waals surface area contributed by atoms with E-state index in [0.717, 1.165) is 32.5 Å². The highest BCUT2D eigenvalue weighted by molar-refractivity contribution is 5.79. The van der Waals surface area contributed by atoms with Crippen molar-refractivity contribution in [3.8, 4) is 0 Å². The van der Waals surface area contributed by atoms with E-state index in [1.54, 1.807) is 0 Å². The molecule has 2 aliphatic rings. The van der Waals surface area contributed by atoms with E-state index in [4.69, 9.17) is 0 Å². The second-order valence-corrected chi connectivity index (χ2v) is 4.23. The summed E-state index contributed by atoms with van der Waals surface area (Å²) in [5.74, 6) is 1.30. The van der Waals surface area contributed by atoms with Crippen LogP contribution in [0.2, 0.25) is 0 Å². The van der Waals surface area contributed by atoms with Gasteiger partial charge in [0.15, 0.2) is 0 Å². The van der Waals surface area contributed by atoms with Crippen LogP contribution in [0, 0.1) is 11.8 Å². The van der Waals surface area contributed by atoms with Crippen molar-refractivity contribution in [2.75, 3.05) is 19.6 Å². The zero-order valence-corrected chi connectivity index (χ0v) is 8.01. The van der Waals surface area contributed by atoms with Crippen molar-refractivity contribution in [3.63, 3.8) is 0 Å². The number of hydrogen-bond donors (Lipinski definition) is 2. The maximum absolute atomic E-state index is 11.5.